The van der Waals surface area contributed by atoms with Gasteiger partial charge in [-0.3, -0.25) is 0 Å². The fourth-order valence-electron chi connectivity index (χ4n) is 2.43. The maximum Gasteiger partial charge on any atom is 0.244 e. The maximum atomic E-state index is 13.1. The summed E-state index contributed by atoms with van der Waals surface area (Å²) in [4.78, 5) is 0.145. The first-order valence-electron chi connectivity index (χ1n) is 6.46. The molecule has 0 aromatic heterocycles. The number of halogens is 1. The zero-order valence-corrected chi connectivity index (χ0v) is 11.8. The van der Waals surface area contributed by atoms with Crippen molar-refractivity contribution in [2.24, 2.45) is 5.73 Å². The van der Waals surface area contributed by atoms with Crippen molar-refractivity contribution in [3.8, 4) is 0 Å². The van der Waals surface area contributed by atoms with Crippen LogP contribution in [0.4, 0.5) is 4.39 Å². The normalized spacial score (nSPS) is 22.2. The molecule has 1 unspecified atom stereocenters. The minimum atomic E-state index is -3.64. The molecule has 0 radical (unpaired) electrons. The molecule has 1 saturated heterocycles. The van der Waals surface area contributed by atoms with Crippen molar-refractivity contribution in [3.63, 3.8) is 0 Å². The van der Waals surface area contributed by atoms with Crippen molar-refractivity contribution >= 4 is 10.0 Å². The third kappa shape index (κ3) is 2.96. The Bertz CT molecular complexity index is 560. The van der Waals surface area contributed by atoms with Gasteiger partial charge in [0.25, 0.3) is 0 Å². The van der Waals surface area contributed by atoms with Crippen LogP contribution in [-0.2, 0) is 10.0 Å². The first kappa shape index (κ1) is 14.4. The van der Waals surface area contributed by atoms with Crippen LogP contribution in [0.15, 0.2) is 23.1 Å². The Morgan fingerprint density at radius 3 is 2.74 bits per heavy atom. The van der Waals surface area contributed by atoms with E-state index >= 15 is 0 Å². The molecule has 1 aromatic rings. The van der Waals surface area contributed by atoms with Crippen LogP contribution in [0.25, 0.3) is 0 Å². The van der Waals surface area contributed by atoms with E-state index in [-0.39, 0.29) is 4.90 Å². The van der Waals surface area contributed by atoms with Crippen LogP contribution in [0.3, 0.4) is 0 Å². The van der Waals surface area contributed by atoms with E-state index in [1.807, 2.05) is 0 Å². The van der Waals surface area contributed by atoms with E-state index in [1.54, 1.807) is 6.92 Å². The zero-order chi connectivity index (χ0) is 14.0. The first-order valence-corrected chi connectivity index (χ1v) is 7.90. The number of nitrogens with two attached hydrogens (primary N) is 1. The van der Waals surface area contributed by atoms with Gasteiger partial charge in [-0.05, 0) is 43.5 Å². The van der Waals surface area contributed by atoms with Gasteiger partial charge in [-0.25, -0.2) is 12.8 Å². The fourth-order valence-corrected chi connectivity index (χ4v) is 4.22. The lowest BCUT2D eigenvalue weighted by Crippen LogP contribution is -2.45. The van der Waals surface area contributed by atoms with Crippen molar-refractivity contribution in [3.05, 3.63) is 29.6 Å². The predicted molar refractivity (Wildman–Crippen MR) is 71.5 cm³/mol. The summed E-state index contributed by atoms with van der Waals surface area (Å²) in [6, 6.07) is 3.72. The molecule has 1 fully saturated rings. The molecule has 4 nitrogen and oxygen atoms in total. The minimum Gasteiger partial charge on any atom is -0.315 e. The highest BCUT2D eigenvalue weighted by atomic mass is 32.2. The number of aryl methyl sites for hydroxylation is 1. The van der Waals surface area contributed by atoms with E-state index in [0.717, 1.165) is 19.3 Å². The Balaban J connectivity index is 2.40. The minimum absolute atomic E-state index is 0.145. The van der Waals surface area contributed by atoms with Crippen molar-refractivity contribution in [1.29, 1.82) is 0 Å². The second-order valence-corrected chi connectivity index (χ2v) is 6.80. The molecule has 19 heavy (non-hydrogen) atoms. The van der Waals surface area contributed by atoms with Gasteiger partial charge in [-0.1, -0.05) is 12.8 Å². The third-order valence-electron chi connectivity index (χ3n) is 3.47. The molecule has 0 aliphatic carbocycles. The molecular weight excluding hydrogens is 267 g/mol. The lowest BCUT2D eigenvalue weighted by atomic mass is 10.2. The average Bonchev–Trinajstić information content (AvgIpc) is 2.53. The van der Waals surface area contributed by atoms with Crippen LogP contribution in [0.2, 0.25) is 0 Å². The van der Waals surface area contributed by atoms with Gasteiger partial charge >= 0.3 is 0 Å². The standard InChI is InChI=1S/C13H19FN2O2S/c1-10-9-11(14)6-7-12(10)19(17,18)16-8-4-2-3-5-13(16)15/h6-7,9,13H,2-5,8,15H2,1H3. The van der Waals surface area contributed by atoms with E-state index in [1.165, 1.54) is 22.5 Å². The van der Waals surface area contributed by atoms with E-state index in [4.69, 9.17) is 5.73 Å². The zero-order valence-electron chi connectivity index (χ0n) is 11.0. The smallest absolute Gasteiger partial charge is 0.244 e. The van der Waals surface area contributed by atoms with Crippen LogP contribution in [-0.4, -0.2) is 25.4 Å². The number of hydrogen-bond acceptors (Lipinski definition) is 3. The average molecular weight is 286 g/mol. The van der Waals surface area contributed by atoms with Gasteiger partial charge < -0.3 is 5.73 Å². The number of benzene rings is 1. The number of nitrogens with zero attached hydrogens (tertiary/aromatic N) is 1. The van der Waals surface area contributed by atoms with Crippen LogP contribution in [0.5, 0.6) is 0 Å². The SMILES string of the molecule is Cc1cc(F)ccc1S(=O)(=O)N1CCCCCC1N. The molecule has 0 amide bonds. The highest BCUT2D eigenvalue weighted by molar-refractivity contribution is 7.89. The molecule has 2 N–H and O–H groups in total. The first-order chi connectivity index (χ1) is 8.93. The maximum absolute atomic E-state index is 13.1. The Hall–Kier alpha value is -0.980. The summed E-state index contributed by atoms with van der Waals surface area (Å²) in [6.45, 7) is 2.03. The molecule has 1 aliphatic heterocycles. The van der Waals surface area contributed by atoms with Crippen molar-refractivity contribution in [2.45, 2.75) is 43.7 Å². The topological polar surface area (TPSA) is 63.4 Å². The second-order valence-electron chi connectivity index (χ2n) is 4.94. The van der Waals surface area contributed by atoms with Crippen molar-refractivity contribution in [1.82, 2.24) is 4.31 Å². The van der Waals surface area contributed by atoms with Gasteiger partial charge in [-0.15, -0.1) is 0 Å². The van der Waals surface area contributed by atoms with Gasteiger partial charge in [0.05, 0.1) is 11.1 Å². The molecule has 106 valence electrons. The van der Waals surface area contributed by atoms with Crippen molar-refractivity contribution in [2.75, 3.05) is 6.54 Å². The molecule has 1 atom stereocenters. The van der Waals surface area contributed by atoms with E-state index in [0.29, 0.717) is 18.5 Å². The van der Waals surface area contributed by atoms with Gasteiger partial charge in [0.2, 0.25) is 10.0 Å². The largest absolute Gasteiger partial charge is 0.315 e. The molecule has 1 heterocycles. The summed E-state index contributed by atoms with van der Waals surface area (Å²) in [6.07, 6.45) is 2.92. The molecule has 1 aromatic carbocycles. The van der Waals surface area contributed by atoms with E-state index in [9.17, 15) is 12.8 Å². The molecule has 0 bridgehead atoms. The monoisotopic (exact) mass is 286 g/mol. The number of hydrogen-bond donors (Lipinski definition) is 1. The van der Waals surface area contributed by atoms with Crippen LogP contribution < -0.4 is 5.73 Å². The number of rotatable bonds is 2. The van der Waals surface area contributed by atoms with Crippen LogP contribution >= 0.6 is 0 Å². The van der Waals surface area contributed by atoms with Gasteiger partial charge in [0.15, 0.2) is 0 Å². The fraction of sp³-hybridized carbons (Fsp3) is 0.538. The Morgan fingerprint density at radius 2 is 2.05 bits per heavy atom. The molecule has 2 rings (SSSR count). The lowest BCUT2D eigenvalue weighted by Gasteiger charge is -2.26. The van der Waals surface area contributed by atoms with E-state index in [2.05, 4.69) is 0 Å². The molecule has 1 aliphatic rings. The van der Waals surface area contributed by atoms with Crippen LogP contribution in [0, 0.1) is 12.7 Å². The third-order valence-corrected chi connectivity index (χ3v) is 5.56. The molecule has 0 saturated carbocycles. The summed E-state index contributed by atoms with van der Waals surface area (Å²) in [5.74, 6) is -0.434. The van der Waals surface area contributed by atoms with Gasteiger partial charge in [-0.2, -0.15) is 4.31 Å². The Kier molecular flexibility index (Phi) is 4.23. The van der Waals surface area contributed by atoms with Crippen molar-refractivity contribution < 1.29 is 12.8 Å². The number of sulfonamides is 1. The summed E-state index contributed by atoms with van der Waals surface area (Å²) >= 11 is 0. The second kappa shape index (κ2) is 5.56. The summed E-state index contributed by atoms with van der Waals surface area (Å²) in [5.41, 5.74) is 6.37. The Morgan fingerprint density at radius 1 is 1.32 bits per heavy atom. The quantitative estimate of drug-likeness (QED) is 0.904. The van der Waals surface area contributed by atoms with Gasteiger partial charge in [0.1, 0.15) is 5.82 Å². The summed E-state index contributed by atoms with van der Waals surface area (Å²) in [5, 5.41) is 0. The van der Waals surface area contributed by atoms with E-state index < -0.39 is 22.0 Å². The predicted octanol–water partition coefficient (Wildman–Crippen LogP) is 1.98. The molecule has 6 heteroatoms. The Labute approximate surface area is 113 Å². The summed E-state index contributed by atoms with van der Waals surface area (Å²) < 4.78 is 39.6. The van der Waals surface area contributed by atoms with Gasteiger partial charge in [0, 0.05) is 6.54 Å². The van der Waals surface area contributed by atoms with Crippen LogP contribution in [0.1, 0.15) is 31.2 Å². The highest BCUT2D eigenvalue weighted by Crippen LogP contribution is 2.25. The highest BCUT2D eigenvalue weighted by Gasteiger charge is 2.31. The summed E-state index contributed by atoms with van der Waals surface area (Å²) in [7, 11) is -3.64. The lowest BCUT2D eigenvalue weighted by molar-refractivity contribution is 0.329. The molecule has 0 spiro atoms. The molecular formula is C13H19FN2O2S.